The Morgan fingerprint density at radius 3 is 2.62 bits per heavy atom. The summed E-state index contributed by atoms with van der Waals surface area (Å²) in [6, 6.07) is 10.1. The van der Waals surface area contributed by atoms with Crippen LogP contribution in [0.1, 0.15) is 11.3 Å². The standard InChI is InChI=1S/C13H9FN2/c1-9-6-11(4-5-16-9)10-2-3-13(14)12(7-10)8-15/h2-7H,1H3. The van der Waals surface area contributed by atoms with Crippen LogP contribution in [0.4, 0.5) is 4.39 Å². The zero-order valence-electron chi connectivity index (χ0n) is 8.74. The lowest BCUT2D eigenvalue weighted by Gasteiger charge is -2.03. The first kappa shape index (κ1) is 10.3. The van der Waals surface area contributed by atoms with Gasteiger partial charge in [0.05, 0.1) is 5.56 Å². The second-order valence-electron chi connectivity index (χ2n) is 3.49. The number of halogens is 1. The molecule has 0 fully saturated rings. The Morgan fingerprint density at radius 2 is 1.94 bits per heavy atom. The molecule has 0 saturated carbocycles. The minimum Gasteiger partial charge on any atom is -0.262 e. The molecule has 1 aromatic heterocycles. The van der Waals surface area contributed by atoms with Crippen molar-refractivity contribution in [3.05, 3.63) is 53.6 Å². The molecule has 2 nitrogen and oxygen atoms in total. The molecule has 16 heavy (non-hydrogen) atoms. The molecule has 1 aromatic carbocycles. The molecule has 1 heterocycles. The van der Waals surface area contributed by atoms with Crippen molar-refractivity contribution in [1.82, 2.24) is 4.98 Å². The Morgan fingerprint density at radius 1 is 1.19 bits per heavy atom. The number of aromatic nitrogens is 1. The van der Waals surface area contributed by atoms with E-state index in [4.69, 9.17) is 5.26 Å². The maximum Gasteiger partial charge on any atom is 0.140 e. The Bertz CT molecular complexity index is 570. The van der Waals surface area contributed by atoms with E-state index in [0.717, 1.165) is 16.8 Å². The van der Waals surface area contributed by atoms with Crippen molar-refractivity contribution < 1.29 is 4.39 Å². The van der Waals surface area contributed by atoms with Crippen LogP contribution in [0.25, 0.3) is 11.1 Å². The summed E-state index contributed by atoms with van der Waals surface area (Å²) < 4.78 is 13.1. The second kappa shape index (κ2) is 4.11. The highest BCUT2D eigenvalue weighted by Gasteiger charge is 2.04. The van der Waals surface area contributed by atoms with Crippen molar-refractivity contribution in [1.29, 1.82) is 5.26 Å². The summed E-state index contributed by atoms with van der Waals surface area (Å²) in [5.41, 5.74) is 2.71. The van der Waals surface area contributed by atoms with Gasteiger partial charge in [-0.1, -0.05) is 6.07 Å². The molecule has 0 bridgehead atoms. The van der Waals surface area contributed by atoms with Gasteiger partial charge in [-0.2, -0.15) is 5.26 Å². The van der Waals surface area contributed by atoms with Crippen molar-refractivity contribution in [3.63, 3.8) is 0 Å². The molecule has 0 radical (unpaired) electrons. The van der Waals surface area contributed by atoms with Gasteiger partial charge in [0.2, 0.25) is 0 Å². The first-order valence-electron chi connectivity index (χ1n) is 4.83. The average molecular weight is 212 g/mol. The third-order valence-corrected chi connectivity index (χ3v) is 2.32. The SMILES string of the molecule is Cc1cc(-c2ccc(F)c(C#N)c2)ccn1. The fourth-order valence-corrected chi connectivity index (χ4v) is 1.52. The molecule has 0 aliphatic carbocycles. The highest BCUT2D eigenvalue weighted by Crippen LogP contribution is 2.21. The first-order chi connectivity index (χ1) is 7.70. The van der Waals surface area contributed by atoms with E-state index in [1.807, 2.05) is 25.1 Å². The molecule has 3 heteroatoms. The molecule has 0 unspecified atom stereocenters. The minimum absolute atomic E-state index is 0.0620. The van der Waals surface area contributed by atoms with Crippen molar-refractivity contribution in [3.8, 4) is 17.2 Å². The number of rotatable bonds is 1. The predicted molar refractivity (Wildman–Crippen MR) is 59.1 cm³/mol. The van der Waals surface area contributed by atoms with E-state index in [1.165, 1.54) is 6.07 Å². The van der Waals surface area contributed by atoms with Crippen LogP contribution in [0.3, 0.4) is 0 Å². The van der Waals surface area contributed by atoms with Crippen molar-refractivity contribution >= 4 is 0 Å². The highest BCUT2D eigenvalue weighted by molar-refractivity contribution is 5.65. The van der Waals surface area contributed by atoms with Crippen LogP contribution in [0, 0.1) is 24.1 Å². The van der Waals surface area contributed by atoms with Crippen LogP contribution in [0.5, 0.6) is 0 Å². The van der Waals surface area contributed by atoms with E-state index in [0.29, 0.717) is 0 Å². The molecule has 0 spiro atoms. The fourth-order valence-electron chi connectivity index (χ4n) is 1.52. The minimum atomic E-state index is -0.489. The van der Waals surface area contributed by atoms with Gasteiger partial charge in [-0.3, -0.25) is 4.98 Å². The Labute approximate surface area is 93.0 Å². The van der Waals surface area contributed by atoms with Crippen molar-refractivity contribution in [2.45, 2.75) is 6.92 Å². The van der Waals surface area contributed by atoms with Gasteiger partial charge in [0.15, 0.2) is 0 Å². The van der Waals surface area contributed by atoms with Gasteiger partial charge >= 0.3 is 0 Å². The van der Waals surface area contributed by atoms with E-state index in [1.54, 1.807) is 18.3 Å². The van der Waals surface area contributed by atoms with E-state index >= 15 is 0 Å². The monoisotopic (exact) mass is 212 g/mol. The van der Waals surface area contributed by atoms with Crippen LogP contribution in [-0.2, 0) is 0 Å². The topological polar surface area (TPSA) is 36.7 Å². The largest absolute Gasteiger partial charge is 0.262 e. The van der Waals surface area contributed by atoms with Crippen molar-refractivity contribution in [2.24, 2.45) is 0 Å². The Balaban J connectivity index is 2.54. The lowest BCUT2D eigenvalue weighted by molar-refractivity contribution is 0.624. The van der Waals surface area contributed by atoms with Crippen LogP contribution in [-0.4, -0.2) is 4.98 Å². The van der Waals surface area contributed by atoms with Crippen LogP contribution < -0.4 is 0 Å². The summed E-state index contributed by atoms with van der Waals surface area (Å²) in [5, 5.41) is 8.74. The normalized spacial score (nSPS) is 9.81. The number of nitrogens with zero attached hydrogens (tertiary/aromatic N) is 2. The molecule has 78 valence electrons. The zero-order valence-corrected chi connectivity index (χ0v) is 8.74. The fraction of sp³-hybridized carbons (Fsp3) is 0.0769. The summed E-state index contributed by atoms with van der Waals surface area (Å²) >= 11 is 0. The molecule has 0 saturated heterocycles. The van der Waals surface area contributed by atoms with E-state index in [-0.39, 0.29) is 5.56 Å². The Kier molecular flexibility index (Phi) is 2.65. The van der Waals surface area contributed by atoms with Gasteiger partial charge in [0, 0.05) is 11.9 Å². The molecule has 0 amide bonds. The summed E-state index contributed by atoms with van der Waals surface area (Å²) in [7, 11) is 0. The number of hydrogen-bond donors (Lipinski definition) is 0. The predicted octanol–water partition coefficient (Wildman–Crippen LogP) is 3.07. The number of pyridine rings is 1. The molecule has 0 aliphatic heterocycles. The molecular formula is C13H9FN2. The molecule has 0 atom stereocenters. The Hall–Kier alpha value is -2.21. The number of benzene rings is 1. The van der Waals surface area contributed by atoms with Gasteiger partial charge in [-0.25, -0.2) is 4.39 Å². The smallest absolute Gasteiger partial charge is 0.140 e. The number of aryl methyl sites for hydroxylation is 1. The zero-order chi connectivity index (χ0) is 11.5. The van der Waals surface area contributed by atoms with Crippen LogP contribution >= 0.6 is 0 Å². The summed E-state index contributed by atoms with van der Waals surface area (Å²) in [5.74, 6) is -0.489. The molecule has 2 rings (SSSR count). The molecule has 0 N–H and O–H groups in total. The van der Waals surface area contributed by atoms with Gasteiger partial charge in [0.1, 0.15) is 11.9 Å². The van der Waals surface area contributed by atoms with Gasteiger partial charge in [-0.15, -0.1) is 0 Å². The quantitative estimate of drug-likeness (QED) is 0.728. The van der Waals surface area contributed by atoms with Gasteiger partial charge in [0.25, 0.3) is 0 Å². The van der Waals surface area contributed by atoms with Crippen molar-refractivity contribution in [2.75, 3.05) is 0 Å². The lowest BCUT2D eigenvalue weighted by atomic mass is 10.0. The lowest BCUT2D eigenvalue weighted by Crippen LogP contribution is -1.87. The summed E-state index contributed by atoms with van der Waals surface area (Å²) in [6.45, 7) is 1.89. The summed E-state index contributed by atoms with van der Waals surface area (Å²) in [4.78, 5) is 4.09. The average Bonchev–Trinajstić information content (AvgIpc) is 2.29. The van der Waals surface area contributed by atoms with Gasteiger partial charge in [-0.05, 0) is 42.3 Å². The van der Waals surface area contributed by atoms with E-state index < -0.39 is 5.82 Å². The third kappa shape index (κ3) is 1.91. The maximum absolute atomic E-state index is 13.1. The molecule has 0 aliphatic rings. The number of hydrogen-bond acceptors (Lipinski definition) is 2. The first-order valence-corrected chi connectivity index (χ1v) is 4.83. The van der Waals surface area contributed by atoms with Gasteiger partial charge < -0.3 is 0 Å². The maximum atomic E-state index is 13.1. The van der Waals surface area contributed by atoms with E-state index in [2.05, 4.69) is 4.98 Å². The van der Waals surface area contributed by atoms with Crippen LogP contribution in [0.15, 0.2) is 36.5 Å². The second-order valence-corrected chi connectivity index (χ2v) is 3.49. The molecular weight excluding hydrogens is 203 g/mol. The van der Waals surface area contributed by atoms with Crippen LogP contribution in [0.2, 0.25) is 0 Å². The summed E-state index contributed by atoms with van der Waals surface area (Å²) in [6.07, 6.45) is 1.69. The third-order valence-electron chi connectivity index (χ3n) is 2.32. The number of nitriles is 1. The van der Waals surface area contributed by atoms with E-state index in [9.17, 15) is 4.39 Å². The molecule has 2 aromatic rings. The highest BCUT2D eigenvalue weighted by atomic mass is 19.1.